The molecule has 1 aromatic heterocycles. The minimum Gasteiger partial charge on any atom is -0.382 e. The molecule has 1 aromatic rings. The second-order valence-electron chi connectivity index (χ2n) is 5.44. The molecule has 0 bridgehead atoms. The minimum atomic E-state index is -0.109. The number of carbonyl (C=O) groups is 1. The molecule has 1 aliphatic carbocycles. The van der Waals surface area contributed by atoms with Crippen molar-refractivity contribution in [1.82, 2.24) is 10.3 Å². The number of carbonyl (C=O) groups excluding carboxylic acids is 1. The molecular weight excluding hydrogens is 260 g/mol. The first-order valence-electron chi connectivity index (χ1n) is 6.87. The van der Waals surface area contributed by atoms with Crippen molar-refractivity contribution < 1.29 is 4.79 Å². The molecule has 0 unspecified atom stereocenters. The third-order valence-corrected chi connectivity index (χ3v) is 4.01. The molecule has 0 saturated heterocycles. The van der Waals surface area contributed by atoms with E-state index in [1.54, 1.807) is 0 Å². The molecule has 2 rings (SSSR count). The Hall–Kier alpha value is -1.30. The van der Waals surface area contributed by atoms with Gasteiger partial charge in [0.1, 0.15) is 10.7 Å². The maximum Gasteiger partial charge on any atom is 0.265 e. The van der Waals surface area contributed by atoms with E-state index in [9.17, 15) is 4.79 Å². The Kier molecular flexibility index (Phi) is 4.63. The monoisotopic (exact) mass is 282 g/mol. The molecule has 1 amide bonds. The molecule has 0 aromatic carbocycles. The largest absolute Gasteiger partial charge is 0.382 e. The Morgan fingerprint density at radius 3 is 2.89 bits per heavy atom. The van der Waals surface area contributed by atoms with Gasteiger partial charge in [-0.2, -0.15) is 0 Å². The van der Waals surface area contributed by atoms with Crippen LogP contribution in [0.15, 0.2) is 0 Å². The van der Waals surface area contributed by atoms with Crippen molar-refractivity contribution in [2.45, 2.75) is 45.6 Å². The number of nitrogen functional groups attached to an aromatic ring is 1. The van der Waals surface area contributed by atoms with Crippen LogP contribution in [0.5, 0.6) is 0 Å². The van der Waals surface area contributed by atoms with Crippen molar-refractivity contribution in [2.75, 3.05) is 17.6 Å². The topological polar surface area (TPSA) is 80.0 Å². The molecule has 0 atom stereocenters. The average Bonchev–Trinajstić information content (AvgIpc) is 3.07. The van der Waals surface area contributed by atoms with E-state index >= 15 is 0 Å². The lowest BCUT2D eigenvalue weighted by molar-refractivity contribution is 0.0957. The third kappa shape index (κ3) is 4.38. The van der Waals surface area contributed by atoms with Gasteiger partial charge in [0.05, 0.1) is 0 Å². The zero-order valence-corrected chi connectivity index (χ0v) is 12.3. The number of anilines is 2. The minimum absolute atomic E-state index is 0.109. The molecule has 1 saturated carbocycles. The Morgan fingerprint density at radius 1 is 1.53 bits per heavy atom. The number of nitrogens with zero attached hydrogens (tertiary/aromatic N) is 1. The summed E-state index contributed by atoms with van der Waals surface area (Å²) in [7, 11) is 0. The van der Waals surface area contributed by atoms with E-state index in [2.05, 4.69) is 29.5 Å². The maximum absolute atomic E-state index is 12.0. The lowest BCUT2D eigenvalue weighted by atomic mass is 10.1. The predicted molar refractivity (Wildman–Crippen MR) is 79.6 cm³/mol. The SMILES string of the molecule is CC(C)CCCNC(=O)c1sc(NC2CC2)nc1N. The van der Waals surface area contributed by atoms with E-state index in [0.717, 1.165) is 18.0 Å². The summed E-state index contributed by atoms with van der Waals surface area (Å²) in [6, 6.07) is 0.521. The van der Waals surface area contributed by atoms with Crippen molar-refractivity contribution in [3.8, 4) is 0 Å². The summed E-state index contributed by atoms with van der Waals surface area (Å²) < 4.78 is 0. The fourth-order valence-electron chi connectivity index (χ4n) is 1.75. The summed E-state index contributed by atoms with van der Waals surface area (Å²) in [4.78, 5) is 16.7. The van der Waals surface area contributed by atoms with E-state index in [1.807, 2.05) is 0 Å². The second-order valence-corrected chi connectivity index (χ2v) is 6.44. The maximum atomic E-state index is 12.0. The smallest absolute Gasteiger partial charge is 0.265 e. The zero-order valence-electron chi connectivity index (χ0n) is 11.5. The van der Waals surface area contributed by atoms with Gasteiger partial charge in [-0.3, -0.25) is 4.79 Å². The van der Waals surface area contributed by atoms with E-state index in [4.69, 9.17) is 5.73 Å². The predicted octanol–water partition coefficient (Wildman–Crippen LogP) is 2.47. The summed E-state index contributed by atoms with van der Waals surface area (Å²) in [5.41, 5.74) is 5.79. The lowest BCUT2D eigenvalue weighted by Gasteiger charge is -2.05. The number of hydrogen-bond donors (Lipinski definition) is 3. The van der Waals surface area contributed by atoms with Crippen LogP contribution in [-0.2, 0) is 0 Å². The molecule has 0 spiro atoms. The number of aromatic nitrogens is 1. The first-order valence-corrected chi connectivity index (χ1v) is 7.69. The number of amides is 1. The van der Waals surface area contributed by atoms with Crippen molar-refractivity contribution in [1.29, 1.82) is 0 Å². The molecule has 4 N–H and O–H groups in total. The van der Waals surface area contributed by atoms with E-state index in [1.165, 1.54) is 24.2 Å². The van der Waals surface area contributed by atoms with Gasteiger partial charge in [0.25, 0.3) is 5.91 Å². The summed E-state index contributed by atoms with van der Waals surface area (Å²) in [5, 5.41) is 6.92. The molecule has 106 valence electrons. The molecule has 6 heteroatoms. The van der Waals surface area contributed by atoms with Gasteiger partial charge in [-0.25, -0.2) is 4.98 Å². The van der Waals surface area contributed by atoms with Gasteiger partial charge in [0.2, 0.25) is 0 Å². The quantitative estimate of drug-likeness (QED) is 0.671. The van der Waals surface area contributed by atoms with Gasteiger partial charge in [-0.1, -0.05) is 25.2 Å². The molecule has 1 heterocycles. The number of nitrogens with one attached hydrogen (secondary N) is 2. The molecular formula is C13H22N4OS. The zero-order chi connectivity index (χ0) is 13.8. The molecule has 19 heavy (non-hydrogen) atoms. The normalized spacial score (nSPS) is 14.7. The van der Waals surface area contributed by atoms with Crippen molar-refractivity contribution in [3.63, 3.8) is 0 Å². The summed E-state index contributed by atoms with van der Waals surface area (Å²) in [6.07, 6.45) is 4.47. The molecule has 1 aliphatic rings. The average molecular weight is 282 g/mol. The van der Waals surface area contributed by atoms with Crippen molar-refractivity contribution in [2.24, 2.45) is 5.92 Å². The van der Waals surface area contributed by atoms with Gasteiger partial charge in [-0.05, 0) is 31.6 Å². The summed E-state index contributed by atoms with van der Waals surface area (Å²) >= 11 is 1.34. The number of thiazole rings is 1. The molecule has 5 nitrogen and oxygen atoms in total. The van der Waals surface area contributed by atoms with E-state index in [-0.39, 0.29) is 5.91 Å². The van der Waals surface area contributed by atoms with Gasteiger partial charge in [0.15, 0.2) is 5.13 Å². The fraction of sp³-hybridized carbons (Fsp3) is 0.692. The number of rotatable bonds is 7. The van der Waals surface area contributed by atoms with Gasteiger partial charge in [0, 0.05) is 12.6 Å². The number of hydrogen-bond acceptors (Lipinski definition) is 5. The van der Waals surface area contributed by atoms with Crippen LogP contribution < -0.4 is 16.4 Å². The Bertz CT molecular complexity index is 440. The highest BCUT2D eigenvalue weighted by Crippen LogP contribution is 2.30. The van der Waals surface area contributed by atoms with Crippen LogP contribution in [0.25, 0.3) is 0 Å². The summed E-state index contributed by atoms with van der Waals surface area (Å²) in [5.74, 6) is 0.886. The van der Waals surface area contributed by atoms with Gasteiger partial charge >= 0.3 is 0 Å². The molecule has 0 radical (unpaired) electrons. The molecule has 0 aliphatic heterocycles. The highest BCUT2D eigenvalue weighted by atomic mass is 32.1. The first-order chi connectivity index (χ1) is 9.06. The number of nitrogens with two attached hydrogens (primary N) is 1. The molecule has 1 fully saturated rings. The van der Waals surface area contributed by atoms with Crippen LogP contribution >= 0.6 is 11.3 Å². The summed E-state index contributed by atoms with van der Waals surface area (Å²) in [6.45, 7) is 5.05. The third-order valence-electron chi connectivity index (χ3n) is 3.01. The lowest BCUT2D eigenvalue weighted by Crippen LogP contribution is -2.24. The highest BCUT2D eigenvalue weighted by molar-refractivity contribution is 7.18. The van der Waals surface area contributed by atoms with Gasteiger partial charge in [-0.15, -0.1) is 0 Å². The van der Waals surface area contributed by atoms with Crippen molar-refractivity contribution >= 4 is 28.2 Å². The van der Waals surface area contributed by atoms with Crippen LogP contribution in [0.3, 0.4) is 0 Å². The second kappa shape index (κ2) is 6.23. The van der Waals surface area contributed by atoms with Gasteiger partial charge < -0.3 is 16.4 Å². The van der Waals surface area contributed by atoms with Crippen LogP contribution in [0, 0.1) is 5.92 Å². The fourth-order valence-corrected chi connectivity index (χ4v) is 2.63. The Labute approximate surface area is 118 Å². The first kappa shape index (κ1) is 14.1. The van der Waals surface area contributed by atoms with E-state index < -0.39 is 0 Å². The standard InChI is InChI=1S/C13H22N4OS/c1-8(2)4-3-7-15-12(18)10-11(14)17-13(19-10)16-9-5-6-9/h8-9H,3-7,14H2,1-2H3,(H,15,18)(H,16,17). The van der Waals surface area contributed by atoms with Crippen LogP contribution in [-0.4, -0.2) is 23.5 Å². The van der Waals surface area contributed by atoms with Crippen LogP contribution in [0.4, 0.5) is 10.9 Å². The Balaban J connectivity index is 1.82. The highest BCUT2D eigenvalue weighted by Gasteiger charge is 2.24. The van der Waals surface area contributed by atoms with Crippen LogP contribution in [0.1, 0.15) is 49.2 Å². The van der Waals surface area contributed by atoms with E-state index in [0.29, 0.717) is 29.2 Å². The van der Waals surface area contributed by atoms with Crippen molar-refractivity contribution in [3.05, 3.63) is 4.88 Å². The Morgan fingerprint density at radius 2 is 2.26 bits per heavy atom. The van der Waals surface area contributed by atoms with Crippen LogP contribution in [0.2, 0.25) is 0 Å².